The molecule has 12 heteroatoms. The van der Waals surface area contributed by atoms with Crippen LogP contribution in [0, 0.1) is 5.82 Å². The van der Waals surface area contributed by atoms with Gasteiger partial charge in [0.1, 0.15) is 12.4 Å². The topological polar surface area (TPSA) is 65.5 Å². The third kappa shape index (κ3) is 6.83. The highest BCUT2D eigenvalue weighted by atomic mass is 32.1. The smallest absolute Gasteiger partial charge is 0.379 e. The van der Waals surface area contributed by atoms with Crippen molar-refractivity contribution in [3.63, 3.8) is 0 Å². The molecule has 2 aromatic carbocycles. The van der Waals surface area contributed by atoms with E-state index in [-0.39, 0.29) is 18.7 Å². The zero-order valence-corrected chi connectivity index (χ0v) is 22.8. The Bertz CT molecular complexity index is 1390. The van der Waals surface area contributed by atoms with Crippen molar-refractivity contribution >= 4 is 28.9 Å². The maximum absolute atomic E-state index is 14.9. The minimum atomic E-state index is -4.54. The van der Waals surface area contributed by atoms with Gasteiger partial charge in [-0.25, -0.2) is 9.40 Å². The lowest BCUT2D eigenvalue weighted by Crippen LogP contribution is -2.46. The molecule has 216 valence electrons. The van der Waals surface area contributed by atoms with Gasteiger partial charge in [-0.15, -0.1) is 11.3 Å². The average molecular weight is 589 g/mol. The molecule has 1 aromatic heterocycles. The van der Waals surface area contributed by atoms with Crippen LogP contribution in [0.1, 0.15) is 38.8 Å². The summed E-state index contributed by atoms with van der Waals surface area (Å²) in [7, 11) is 0. The van der Waals surface area contributed by atoms with E-state index in [0.717, 1.165) is 29.1 Å². The van der Waals surface area contributed by atoms with Gasteiger partial charge in [0.05, 0.1) is 35.4 Å². The molecular weight excluding hydrogens is 560 g/mol. The number of rotatable bonds is 8. The van der Waals surface area contributed by atoms with E-state index in [2.05, 4.69) is 10.0 Å². The second-order valence-corrected chi connectivity index (χ2v) is 10.7. The fraction of sp³-hybridized carbons (Fsp3) is 0.345. The molecule has 3 aromatic rings. The van der Waals surface area contributed by atoms with E-state index in [0.29, 0.717) is 50.5 Å². The maximum Gasteiger partial charge on any atom is 0.416 e. The molecule has 1 fully saturated rings. The Kier molecular flexibility index (Phi) is 8.81. The summed E-state index contributed by atoms with van der Waals surface area (Å²) in [6, 6.07) is 13.1. The van der Waals surface area contributed by atoms with E-state index in [4.69, 9.17) is 4.74 Å². The Morgan fingerprint density at radius 3 is 2.41 bits per heavy atom. The highest BCUT2D eigenvalue weighted by Crippen LogP contribution is 2.35. The third-order valence-electron chi connectivity index (χ3n) is 7.10. The summed E-state index contributed by atoms with van der Waals surface area (Å²) in [6.45, 7) is 2.64. The zero-order chi connectivity index (χ0) is 29.0. The number of amides is 2. The first-order valence-electron chi connectivity index (χ1n) is 13.1. The molecule has 7 nitrogen and oxygen atoms in total. The summed E-state index contributed by atoms with van der Waals surface area (Å²) in [4.78, 5) is 31.5. The number of benzene rings is 2. The molecule has 1 atom stereocenters. The van der Waals surface area contributed by atoms with Crippen LogP contribution in [0.15, 0.2) is 71.1 Å². The Morgan fingerprint density at radius 2 is 1.76 bits per heavy atom. The van der Waals surface area contributed by atoms with Crippen molar-refractivity contribution in [2.45, 2.75) is 18.6 Å². The SMILES string of the molecule is O=C(c1ccc(C(F)(F)F)cc1)N(CCN1CCOCC1)CC(=O)N1N=C(c2cccs2)C[C@H]1c1ccccc1F. The minimum Gasteiger partial charge on any atom is -0.379 e. The number of carbonyl (C=O) groups is 2. The summed E-state index contributed by atoms with van der Waals surface area (Å²) < 4.78 is 59.5. The van der Waals surface area contributed by atoms with Gasteiger partial charge in [-0.05, 0) is 41.8 Å². The Labute approximate surface area is 238 Å². The van der Waals surface area contributed by atoms with E-state index >= 15 is 0 Å². The fourth-order valence-electron chi connectivity index (χ4n) is 4.88. The lowest BCUT2D eigenvalue weighted by molar-refractivity contribution is -0.137. The van der Waals surface area contributed by atoms with Crippen LogP contribution in [-0.4, -0.2) is 78.3 Å². The molecule has 1 saturated heterocycles. The number of carbonyl (C=O) groups excluding carboxylic acids is 2. The number of halogens is 4. The average Bonchev–Trinajstić information content (AvgIpc) is 3.66. The number of ether oxygens (including phenoxy) is 1. The molecule has 0 radical (unpaired) electrons. The summed E-state index contributed by atoms with van der Waals surface area (Å²) in [6.07, 6.45) is -4.24. The van der Waals surface area contributed by atoms with Gasteiger partial charge in [-0.2, -0.15) is 18.3 Å². The van der Waals surface area contributed by atoms with Gasteiger partial charge in [-0.1, -0.05) is 24.3 Å². The number of hydrazone groups is 1. The Hall–Kier alpha value is -3.61. The van der Waals surface area contributed by atoms with Crippen LogP contribution in [0.2, 0.25) is 0 Å². The molecule has 0 bridgehead atoms. The van der Waals surface area contributed by atoms with E-state index in [9.17, 15) is 27.2 Å². The number of morpholine rings is 1. The monoisotopic (exact) mass is 588 g/mol. The first-order valence-corrected chi connectivity index (χ1v) is 14.0. The number of hydrogen-bond donors (Lipinski definition) is 0. The Morgan fingerprint density at radius 1 is 1.02 bits per heavy atom. The van der Waals surface area contributed by atoms with Gasteiger partial charge in [-0.3, -0.25) is 14.5 Å². The predicted molar refractivity (Wildman–Crippen MR) is 146 cm³/mol. The van der Waals surface area contributed by atoms with Crippen molar-refractivity contribution in [3.8, 4) is 0 Å². The molecule has 2 amide bonds. The largest absolute Gasteiger partial charge is 0.416 e. The maximum atomic E-state index is 14.9. The lowest BCUT2D eigenvalue weighted by atomic mass is 10.0. The molecule has 0 unspecified atom stereocenters. The van der Waals surface area contributed by atoms with Crippen LogP contribution in [0.4, 0.5) is 17.6 Å². The molecular formula is C29H28F4N4O3S. The van der Waals surface area contributed by atoms with Gasteiger partial charge in [0.15, 0.2) is 0 Å². The molecule has 0 N–H and O–H groups in total. The Balaban J connectivity index is 1.40. The predicted octanol–water partition coefficient (Wildman–Crippen LogP) is 5.06. The molecule has 0 spiro atoms. The van der Waals surface area contributed by atoms with Crippen molar-refractivity contribution in [2.75, 3.05) is 45.9 Å². The quantitative estimate of drug-likeness (QED) is 0.346. The molecule has 0 aliphatic carbocycles. The van der Waals surface area contributed by atoms with Crippen LogP contribution in [0.25, 0.3) is 0 Å². The van der Waals surface area contributed by atoms with Crippen molar-refractivity contribution in [1.82, 2.24) is 14.8 Å². The van der Waals surface area contributed by atoms with E-state index in [1.54, 1.807) is 18.2 Å². The number of thiophene rings is 1. The molecule has 5 rings (SSSR count). The normalized spacial score (nSPS) is 17.9. The standard InChI is InChI=1S/C29H28F4N4O3S/c30-23-5-2-1-4-22(23)25-18-24(26-6-3-17-41-26)34-37(25)27(38)19-36(12-11-35-13-15-40-16-14-35)28(39)20-7-9-21(10-8-20)29(31,32)33/h1-10,17,25H,11-16,18-19H2/t25-/m0/s1. The van der Waals surface area contributed by atoms with Gasteiger partial charge < -0.3 is 9.64 Å². The van der Waals surface area contributed by atoms with E-state index in [1.165, 1.54) is 27.3 Å². The highest BCUT2D eigenvalue weighted by molar-refractivity contribution is 7.12. The van der Waals surface area contributed by atoms with E-state index < -0.39 is 35.4 Å². The fourth-order valence-corrected chi connectivity index (χ4v) is 5.60. The lowest BCUT2D eigenvalue weighted by Gasteiger charge is -2.31. The molecule has 2 aliphatic rings. The molecule has 0 saturated carbocycles. The van der Waals surface area contributed by atoms with Crippen LogP contribution >= 0.6 is 11.3 Å². The van der Waals surface area contributed by atoms with Gasteiger partial charge in [0, 0.05) is 43.7 Å². The summed E-state index contributed by atoms with van der Waals surface area (Å²) in [5, 5.41) is 7.67. The van der Waals surface area contributed by atoms with Crippen LogP contribution in [0.5, 0.6) is 0 Å². The number of alkyl halides is 3. The number of hydrogen-bond acceptors (Lipinski definition) is 6. The first kappa shape index (κ1) is 28.9. The summed E-state index contributed by atoms with van der Waals surface area (Å²) in [5.41, 5.74) is 0.105. The zero-order valence-electron chi connectivity index (χ0n) is 22.0. The van der Waals surface area contributed by atoms with Gasteiger partial charge in [0.2, 0.25) is 0 Å². The van der Waals surface area contributed by atoms with Crippen molar-refractivity contribution < 1.29 is 31.9 Å². The first-order chi connectivity index (χ1) is 19.7. The third-order valence-corrected chi connectivity index (χ3v) is 8.02. The molecule has 3 heterocycles. The van der Waals surface area contributed by atoms with Crippen molar-refractivity contribution in [2.24, 2.45) is 5.10 Å². The summed E-state index contributed by atoms with van der Waals surface area (Å²) >= 11 is 1.46. The van der Waals surface area contributed by atoms with Crippen LogP contribution in [-0.2, 0) is 15.7 Å². The molecule has 41 heavy (non-hydrogen) atoms. The second kappa shape index (κ2) is 12.5. The van der Waals surface area contributed by atoms with Gasteiger partial charge >= 0.3 is 6.18 Å². The summed E-state index contributed by atoms with van der Waals surface area (Å²) in [5.74, 6) is -1.57. The van der Waals surface area contributed by atoms with E-state index in [1.807, 2.05) is 17.5 Å². The number of nitrogens with zero attached hydrogens (tertiary/aromatic N) is 4. The van der Waals surface area contributed by atoms with Crippen LogP contribution in [0.3, 0.4) is 0 Å². The van der Waals surface area contributed by atoms with Crippen molar-refractivity contribution in [3.05, 3.63) is 93.4 Å². The second-order valence-electron chi connectivity index (χ2n) is 9.76. The highest BCUT2D eigenvalue weighted by Gasteiger charge is 2.36. The minimum absolute atomic E-state index is 0.0302. The van der Waals surface area contributed by atoms with Gasteiger partial charge in [0.25, 0.3) is 11.8 Å². The van der Waals surface area contributed by atoms with Crippen molar-refractivity contribution in [1.29, 1.82) is 0 Å². The molecule has 2 aliphatic heterocycles. The van der Waals surface area contributed by atoms with Crippen LogP contribution < -0.4 is 0 Å².